The first kappa shape index (κ1) is 27.9. The van der Waals surface area contributed by atoms with Gasteiger partial charge < -0.3 is 9.80 Å². The Kier molecular flexibility index (Phi) is 8.92. The van der Waals surface area contributed by atoms with Crippen molar-refractivity contribution in [3.05, 3.63) is 69.2 Å². The van der Waals surface area contributed by atoms with Crippen molar-refractivity contribution >= 4 is 39.1 Å². The molecule has 1 aliphatic rings. The Morgan fingerprint density at radius 1 is 1.11 bits per heavy atom. The van der Waals surface area contributed by atoms with E-state index in [0.29, 0.717) is 49.2 Å². The molecule has 3 rings (SSSR count). The fourth-order valence-electron chi connectivity index (χ4n) is 4.77. The number of hydrogen-bond donors (Lipinski definition) is 0. The van der Waals surface area contributed by atoms with Gasteiger partial charge in [-0.1, -0.05) is 59.1 Å². The van der Waals surface area contributed by atoms with Crippen molar-refractivity contribution in [2.24, 2.45) is 0 Å². The van der Waals surface area contributed by atoms with Gasteiger partial charge in [0.05, 0.1) is 21.7 Å². The van der Waals surface area contributed by atoms with Gasteiger partial charge in [-0.25, -0.2) is 8.42 Å². The van der Waals surface area contributed by atoms with Crippen LogP contribution in [-0.2, 0) is 26.8 Å². The maximum Gasteiger partial charge on any atom is 0.233 e. The third kappa shape index (κ3) is 6.77. The summed E-state index contributed by atoms with van der Waals surface area (Å²) in [7, 11) is -1.41. The van der Waals surface area contributed by atoms with E-state index >= 15 is 0 Å². The van der Waals surface area contributed by atoms with Gasteiger partial charge in [0.2, 0.25) is 15.9 Å². The molecule has 0 aliphatic carbocycles. The third-order valence-electron chi connectivity index (χ3n) is 6.92. The van der Waals surface area contributed by atoms with Crippen LogP contribution >= 0.6 is 23.2 Å². The molecule has 1 saturated heterocycles. The molecule has 1 amide bonds. The van der Waals surface area contributed by atoms with Gasteiger partial charge in [-0.3, -0.25) is 4.79 Å². The Morgan fingerprint density at radius 3 is 2.34 bits per heavy atom. The Bertz CT molecular complexity index is 1160. The van der Waals surface area contributed by atoms with E-state index in [2.05, 4.69) is 4.90 Å². The molecule has 0 saturated carbocycles. The highest BCUT2D eigenvalue weighted by atomic mass is 35.5. The summed E-state index contributed by atoms with van der Waals surface area (Å²) in [5.41, 5.74) is 2.22. The van der Waals surface area contributed by atoms with Gasteiger partial charge in [-0.05, 0) is 57.0 Å². The molecule has 0 aromatic heterocycles. The van der Waals surface area contributed by atoms with E-state index in [9.17, 15) is 13.2 Å². The van der Waals surface area contributed by atoms with Crippen LogP contribution in [0.25, 0.3) is 0 Å². The second kappa shape index (κ2) is 11.2. The number of sulfonamides is 1. The van der Waals surface area contributed by atoms with E-state index < -0.39 is 15.4 Å². The zero-order chi connectivity index (χ0) is 26.0. The van der Waals surface area contributed by atoms with E-state index in [-0.39, 0.29) is 11.9 Å². The van der Waals surface area contributed by atoms with Crippen LogP contribution in [0.2, 0.25) is 10.0 Å². The summed E-state index contributed by atoms with van der Waals surface area (Å²) in [6, 6.07) is 13.4. The number of carbonyl (C=O) groups excluding carboxylic acids is 1. The lowest BCUT2D eigenvalue weighted by Gasteiger charge is -2.40. The van der Waals surface area contributed by atoms with Gasteiger partial charge in [-0.15, -0.1) is 0 Å². The van der Waals surface area contributed by atoms with E-state index in [1.165, 1.54) is 11.8 Å². The molecular weight excluding hydrogens is 505 g/mol. The van der Waals surface area contributed by atoms with Crippen molar-refractivity contribution in [2.45, 2.75) is 45.2 Å². The van der Waals surface area contributed by atoms with Gasteiger partial charge in [0.15, 0.2) is 0 Å². The van der Waals surface area contributed by atoms with Crippen LogP contribution in [0.5, 0.6) is 0 Å². The molecule has 0 N–H and O–H groups in total. The highest BCUT2D eigenvalue weighted by molar-refractivity contribution is 7.88. The minimum absolute atomic E-state index is 0.000662. The lowest BCUT2D eigenvalue weighted by Crippen LogP contribution is -2.54. The van der Waals surface area contributed by atoms with Crippen molar-refractivity contribution in [1.29, 1.82) is 0 Å². The van der Waals surface area contributed by atoms with E-state index in [1.807, 2.05) is 58.2 Å². The van der Waals surface area contributed by atoms with E-state index in [0.717, 1.165) is 11.1 Å². The van der Waals surface area contributed by atoms with Gasteiger partial charge in [0, 0.05) is 39.3 Å². The first-order valence-electron chi connectivity index (χ1n) is 11.8. The Balaban J connectivity index is 1.81. The topological polar surface area (TPSA) is 60.9 Å². The summed E-state index contributed by atoms with van der Waals surface area (Å²) >= 11 is 12.5. The van der Waals surface area contributed by atoms with Gasteiger partial charge in [0.1, 0.15) is 0 Å². The van der Waals surface area contributed by atoms with Gasteiger partial charge in [-0.2, -0.15) is 4.31 Å². The largest absolute Gasteiger partial charge is 0.341 e. The van der Waals surface area contributed by atoms with Crippen molar-refractivity contribution in [3.63, 3.8) is 0 Å². The molecule has 0 radical (unpaired) electrons. The number of benzene rings is 2. The first-order chi connectivity index (χ1) is 16.3. The van der Waals surface area contributed by atoms with E-state index in [1.54, 1.807) is 21.3 Å². The maximum atomic E-state index is 13.9. The van der Waals surface area contributed by atoms with Gasteiger partial charge in [0.25, 0.3) is 0 Å². The number of likely N-dealkylation sites (N-methyl/N-ethyl adjacent to an activating group) is 1. The smallest absolute Gasteiger partial charge is 0.233 e. The van der Waals surface area contributed by atoms with Crippen molar-refractivity contribution in [2.75, 3.05) is 39.5 Å². The van der Waals surface area contributed by atoms with Crippen LogP contribution in [0, 0.1) is 6.92 Å². The molecule has 1 aliphatic heterocycles. The molecule has 1 heterocycles. The predicted molar refractivity (Wildman–Crippen MR) is 144 cm³/mol. The van der Waals surface area contributed by atoms with Crippen LogP contribution in [0.1, 0.15) is 37.0 Å². The number of rotatable bonds is 8. The lowest BCUT2D eigenvalue weighted by atomic mass is 9.77. The molecule has 0 spiro atoms. The van der Waals surface area contributed by atoms with Crippen LogP contribution in [0.3, 0.4) is 0 Å². The lowest BCUT2D eigenvalue weighted by molar-refractivity contribution is -0.136. The summed E-state index contributed by atoms with van der Waals surface area (Å²) in [6.45, 7) is 8.77. The van der Waals surface area contributed by atoms with Gasteiger partial charge >= 0.3 is 0 Å². The minimum Gasteiger partial charge on any atom is -0.341 e. The Hall–Kier alpha value is -1.64. The zero-order valence-electron chi connectivity index (χ0n) is 21.1. The molecule has 192 valence electrons. The summed E-state index contributed by atoms with van der Waals surface area (Å²) in [4.78, 5) is 17.9. The molecule has 2 atom stereocenters. The number of amides is 1. The van der Waals surface area contributed by atoms with Crippen LogP contribution < -0.4 is 0 Å². The molecule has 2 aromatic carbocycles. The second-order valence-electron chi connectivity index (χ2n) is 9.88. The monoisotopic (exact) mass is 539 g/mol. The molecular formula is C26H35Cl2N3O3S. The molecule has 1 fully saturated rings. The number of hydrogen-bond acceptors (Lipinski definition) is 4. The summed E-state index contributed by atoms with van der Waals surface area (Å²) in [5, 5.41) is 0.865. The molecule has 2 aromatic rings. The highest BCUT2D eigenvalue weighted by Gasteiger charge is 2.39. The summed E-state index contributed by atoms with van der Waals surface area (Å²) in [6.07, 6.45) is 1.82. The quantitative estimate of drug-likeness (QED) is 0.492. The SMILES string of the molecule is Cc1ccc(CN(C)C(=O)C(C)(CCN2CCN(S(C)(=O)=O)[C@@H](C)C2)c2ccc(Cl)c(Cl)c2)cc1. The Labute approximate surface area is 219 Å². The average molecular weight is 541 g/mol. The number of nitrogens with zero attached hydrogens (tertiary/aromatic N) is 3. The second-order valence-corrected chi connectivity index (χ2v) is 12.6. The van der Waals surface area contributed by atoms with Crippen LogP contribution in [-0.4, -0.2) is 74.0 Å². The normalized spacial score (nSPS) is 19.3. The average Bonchev–Trinajstić information content (AvgIpc) is 2.79. The third-order valence-corrected chi connectivity index (χ3v) is 9.05. The Morgan fingerprint density at radius 2 is 1.77 bits per heavy atom. The van der Waals surface area contributed by atoms with Crippen molar-refractivity contribution in [3.8, 4) is 0 Å². The highest BCUT2D eigenvalue weighted by Crippen LogP contribution is 2.35. The predicted octanol–water partition coefficient (Wildman–Crippen LogP) is 4.57. The fourth-order valence-corrected chi connectivity index (χ4v) is 6.20. The van der Waals surface area contributed by atoms with E-state index in [4.69, 9.17) is 23.2 Å². The van der Waals surface area contributed by atoms with Crippen molar-refractivity contribution in [1.82, 2.24) is 14.1 Å². The minimum atomic E-state index is -3.23. The summed E-state index contributed by atoms with van der Waals surface area (Å²) < 4.78 is 25.6. The molecule has 6 nitrogen and oxygen atoms in total. The number of carbonyl (C=O) groups is 1. The first-order valence-corrected chi connectivity index (χ1v) is 14.4. The van der Waals surface area contributed by atoms with Crippen molar-refractivity contribution < 1.29 is 13.2 Å². The molecule has 35 heavy (non-hydrogen) atoms. The van der Waals surface area contributed by atoms with Crippen LogP contribution in [0.15, 0.2) is 42.5 Å². The molecule has 9 heteroatoms. The standard InChI is InChI=1S/C26H35Cl2N3O3S/c1-19-6-8-21(9-7-19)18-29(4)25(32)26(3,22-10-11-23(27)24(28)16-22)12-13-30-14-15-31(20(2)17-30)35(5,33)34/h6-11,16,20H,12-15,17-18H2,1-5H3/t20-,26?/m0/s1. The number of halogens is 2. The molecule has 1 unspecified atom stereocenters. The zero-order valence-corrected chi connectivity index (χ0v) is 23.4. The number of piperazine rings is 1. The molecule has 0 bridgehead atoms. The maximum absolute atomic E-state index is 13.9. The van der Waals surface area contributed by atoms with Crippen LogP contribution in [0.4, 0.5) is 0 Å². The number of aryl methyl sites for hydroxylation is 1. The summed E-state index contributed by atoms with van der Waals surface area (Å²) in [5.74, 6) is -0.000662. The fraction of sp³-hybridized carbons (Fsp3) is 0.500.